The lowest BCUT2D eigenvalue weighted by Crippen LogP contribution is -2.15. The maximum atomic E-state index is 6.26. The molecule has 0 spiro atoms. The topological polar surface area (TPSA) is 16.4 Å². The molecule has 0 unspecified atom stereocenters. The average molecular weight is 628 g/mol. The summed E-state index contributed by atoms with van der Waals surface area (Å²) in [5.74, 6) is 0. The first-order valence-electron chi connectivity index (χ1n) is 17.0. The molecule has 49 heavy (non-hydrogen) atoms. The molecule has 10 rings (SSSR count). The van der Waals surface area contributed by atoms with Gasteiger partial charge in [0.2, 0.25) is 0 Å². The van der Waals surface area contributed by atoms with Crippen LogP contribution in [0.25, 0.3) is 65.7 Å². The summed E-state index contributed by atoms with van der Waals surface area (Å²) in [5.41, 5.74) is 13.0. The summed E-state index contributed by atoms with van der Waals surface area (Å²) in [7, 11) is 0. The Morgan fingerprint density at radius 1 is 0.408 bits per heavy atom. The molecule has 2 heteroatoms. The minimum Gasteiger partial charge on any atom is -0.456 e. The zero-order valence-corrected chi connectivity index (χ0v) is 27.4. The van der Waals surface area contributed by atoms with Crippen molar-refractivity contribution in [2.24, 2.45) is 0 Å². The molecule has 1 aliphatic carbocycles. The van der Waals surface area contributed by atoms with E-state index in [1.165, 1.54) is 54.9 Å². The maximum absolute atomic E-state index is 6.26. The number of furan rings is 1. The largest absolute Gasteiger partial charge is 0.456 e. The first-order chi connectivity index (χ1) is 24.0. The average Bonchev–Trinajstić information content (AvgIpc) is 3.62. The van der Waals surface area contributed by atoms with E-state index in [-0.39, 0.29) is 5.41 Å². The highest BCUT2D eigenvalue weighted by atomic mass is 16.3. The summed E-state index contributed by atoms with van der Waals surface area (Å²) in [5, 5.41) is 7.13. The van der Waals surface area contributed by atoms with Crippen molar-refractivity contribution in [1.82, 2.24) is 0 Å². The first kappa shape index (κ1) is 27.9. The number of benzene rings is 8. The lowest BCUT2D eigenvalue weighted by molar-refractivity contribution is 0.660. The fraction of sp³-hybridized carbons (Fsp3) is 0.0638. The molecule has 1 aliphatic rings. The lowest BCUT2D eigenvalue weighted by Gasteiger charge is -2.27. The van der Waals surface area contributed by atoms with Gasteiger partial charge in [0.05, 0.1) is 0 Å². The van der Waals surface area contributed by atoms with Gasteiger partial charge in [0.1, 0.15) is 11.2 Å². The van der Waals surface area contributed by atoms with Gasteiger partial charge in [-0.25, -0.2) is 0 Å². The summed E-state index contributed by atoms with van der Waals surface area (Å²) in [6.45, 7) is 4.68. The van der Waals surface area contributed by atoms with E-state index in [0.717, 1.165) is 39.0 Å². The molecule has 0 saturated carbocycles. The van der Waals surface area contributed by atoms with E-state index >= 15 is 0 Å². The third-order valence-electron chi connectivity index (χ3n) is 10.6. The Labute approximate surface area is 285 Å². The molecule has 2 nitrogen and oxygen atoms in total. The Morgan fingerprint density at radius 3 is 1.92 bits per heavy atom. The number of nitrogens with zero attached hydrogens (tertiary/aromatic N) is 1. The van der Waals surface area contributed by atoms with E-state index in [4.69, 9.17) is 4.42 Å². The molecule has 9 aromatic rings. The smallest absolute Gasteiger partial charge is 0.136 e. The van der Waals surface area contributed by atoms with Gasteiger partial charge in [-0.15, -0.1) is 0 Å². The maximum Gasteiger partial charge on any atom is 0.136 e. The SMILES string of the molecule is CC1(C)c2ccccc2-c2cc(N(c3ccc(-c4ccccc4)cc3)c3ccc4ccc5cc6oc7ccccc7c6cc5c4c3)ccc21. The van der Waals surface area contributed by atoms with Gasteiger partial charge >= 0.3 is 0 Å². The summed E-state index contributed by atoms with van der Waals surface area (Å²) < 4.78 is 6.26. The minimum atomic E-state index is -0.0446. The van der Waals surface area contributed by atoms with E-state index < -0.39 is 0 Å². The number of rotatable bonds is 4. The van der Waals surface area contributed by atoms with Crippen LogP contribution >= 0.6 is 0 Å². The minimum absolute atomic E-state index is 0.0446. The number of anilines is 3. The van der Waals surface area contributed by atoms with Crippen LogP contribution in [0, 0.1) is 0 Å². The summed E-state index contributed by atoms with van der Waals surface area (Å²) >= 11 is 0. The molecule has 0 atom stereocenters. The molecule has 0 radical (unpaired) electrons. The Morgan fingerprint density at radius 2 is 1.04 bits per heavy atom. The molecular formula is C47H33NO. The quantitative estimate of drug-likeness (QED) is 0.181. The number of hydrogen-bond donors (Lipinski definition) is 0. The summed E-state index contributed by atoms with van der Waals surface area (Å²) in [6.07, 6.45) is 0. The van der Waals surface area contributed by atoms with Gasteiger partial charge < -0.3 is 9.32 Å². The second-order valence-corrected chi connectivity index (χ2v) is 13.8. The molecule has 8 aromatic carbocycles. The second-order valence-electron chi connectivity index (χ2n) is 13.8. The standard InChI is InChI=1S/C47H33NO/c1-47(2)43-14-8-6-12-37(43)41-28-36(24-25-44(41)47)48(34-21-18-31(19-22-34)30-10-4-3-5-11-30)35-23-20-32-16-17-33-26-46-42(29-40(33)39(32)27-35)38-13-7-9-15-45(38)49-46/h3-29H,1-2H3. The predicted octanol–water partition coefficient (Wildman–Crippen LogP) is 13.3. The second kappa shape index (κ2) is 10.4. The van der Waals surface area contributed by atoms with Gasteiger partial charge in [-0.05, 0) is 110 Å². The molecule has 0 amide bonds. The molecule has 1 aromatic heterocycles. The van der Waals surface area contributed by atoms with Crippen LogP contribution in [0.3, 0.4) is 0 Å². The van der Waals surface area contributed by atoms with Gasteiger partial charge in [-0.1, -0.05) is 123 Å². The summed E-state index contributed by atoms with van der Waals surface area (Å²) in [6, 6.07) is 59.6. The summed E-state index contributed by atoms with van der Waals surface area (Å²) in [4.78, 5) is 2.41. The monoisotopic (exact) mass is 627 g/mol. The van der Waals surface area contributed by atoms with Crippen LogP contribution < -0.4 is 4.90 Å². The highest BCUT2D eigenvalue weighted by molar-refractivity contribution is 6.17. The Balaban J connectivity index is 1.19. The zero-order valence-electron chi connectivity index (χ0n) is 27.4. The molecule has 0 N–H and O–H groups in total. The fourth-order valence-corrected chi connectivity index (χ4v) is 8.13. The van der Waals surface area contributed by atoms with Crippen LogP contribution in [0.15, 0.2) is 168 Å². The van der Waals surface area contributed by atoms with Crippen LogP contribution in [0.1, 0.15) is 25.0 Å². The van der Waals surface area contributed by atoms with Gasteiger partial charge in [0.15, 0.2) is 0 Å². The fourth-order valence-electron chi connectivity index (χ4n) is 8.13. The highest BCUT2D eigenvalue weighted by Crippen LogP contribution is 2.51. The molecule has 1 heterocycles. The number of para-hydroxylation sites is 1. The van der Waals surface area contributed by atoms with Crippen molar-refractivity contribution < 1.29 is 4.42 Å². The molecule has 0 aliphatic heterocycles. The normalized spacial score (nSPS) is 13.3. The van der Waals surface area contributed by atoms with Crippen molar-refractivity contribution in [3.05, 3.63) is 175 Å². The van der Waals surface area contributed by atoms with E-state index in [1.54, 1.807) is 0 Å². The van der Waals surface area contributed by atoms with Crippen molar-refractivity contribution in [2.75, 3.05) is 4.90 Å². The van der Waals surface area contributed by atoms with E-state index in [9.17, 15) is 0 Å². The Kier molecular flexibility index (Phi) is 5.95. The number of hydrogen-bond acceptors (Lipinski definition) is 2. The van der Waals surface area contributed by atoms with Gasteiger partial charge in [-0.3, -0.25) is 0 Å². The number of fused-ring (bicyclic) bond motifs is 9. The predicted molar refractivity (Wildman–Crippen MR) is 206 cm³/mol. The third-order valence-corrected chi connectivity index (χ3v) is 10.6. The van der Waals surface area contributed by atoms with Crippen molar-refractivity contribution in [3.8, 4) is 22.3 Å². The first-order valence-corrected chi connectivity index (χ1v) is 17.0. The van der Waals surface area contributed by atoms with Crippen LogP contribution in [0.4, 0.5) is 17.1 Å². The van der Waals surface area contributed by atoms with E-state index in [0.29, 0.717) is 0 Å². The molecular weight excluding hydrogens is 595 g/mol. The van der Waals surface area contributed by atoms with Crippen LogP contribution in [0.2, 0.25) is 0 Å². The van der Waals surface area contributed by atoms with Crippen LogP contribution in [-0.4, -0.2) is 0 Å². The Bertz CT molecular complexity index is 2730. The zero-order chi connectivity index (χ0) is 32.7. The van der Waals surface area contributed by atoms with E-state index in [2.05, 4.69) is 170 Å². The van der Waals surface area contributed by atoms with Crippen molar-refractivity contribution >= 4 is 60.5 Å². The van der Waals surface area contributed by atoms with Gasteiger partial charge in [-0.2, -0.15) is 0 Å². The van der Waals surface area contributed by atoms with Crippen LogP contribution in [-0.2, 0) is 5.41 Å². The lowest BCUT2D eigenvalue weighted by atomic mass is 9.82. The van der Waals surface area contributed by atoms with Gasteiger partial charge in [0, 0.05) is 33.2 Å². The molecule has 0 saturated heterocycles. The Hall–Kier alpha value is -6.12. The molecule has 232 valence electrons. The molecule has 0 bridgehead atoms. The van der Waals surface area contributed by atoms with Crippen LogP contribution in [0.5, 0.6) is 0 Å². The van der Waals surface area contributed by atoms with Crippen molar-refractivity contribution in [3.63, 3.8) is 0 Å². The van der Waals surface area contributed by atoms with Crippen molar-refractivity contribution in [1.29, 1.82) is 0 Å². The third kappa shape index (κ3) is 4.27. The van der Waals surface area contributed by atoms with Gasteiger partial charge in [0.25, 0.3) is 0 Å². The van der Waals surface area contributed by atoms with E-state index in [1.807, 2.05) is 12.1 Å². The molecule has 0 fully saturated rings. The highest BCUT2D eigenvalue weighted by Gasteiger charge is 2.35. The van der Waals surface area contributed by atoms with Crippen molar-refractivity contribution in [2.45, 2.75) is 19.3 Å².